The van der Waals surface area contributed by atoms with Gasteiger partial charge in [0.1, 0.15) is 11.6 Å². The Kier molecular flexibility index (Phi) is 13.9. The molecule has 0 saturated carbocycles. The van der Waals surface area contributed by atoms with Gasteiger partial charge >= 0.3 is 0 Å². The number of rotatable bonds is 6. The third-order valence-corrected chi connectivity index (χ3v) is 1.66. The topological polar surface area (TPSA) is 34.1 Å². The summed E-state index contributed by atoms with van der Waals surface area (Å²) in [5.41, 5.74) is 0. The summed E-state index contributed by atoms with van der Waals surface area (Å²) < 4.78 is 0. The third kappa shape index (κ3) is 17.4. The Balaban J connectivity index is 0. The van der Waals surface area contributed by atoms with E-state index in [1.165, 1.54) is 0 Å². The Hall–Kier alpha value is -0.660. The quantitative estimate of drug-likeness (QED) is 0.657. The SMILES string of the molecule is CCCC(=O)CCC.CCCC(C)=O. The fourth-order valence-electron chi connectivity index (χ4n) is 1.03. The Morgan fingerprint density at radius 2 is 1.14 bits per heavy atom. The molecule has 84 valence electrons. The second-order valence-electron chi connectivity index (χ2n) is 3.49. The fourth-order valence-corrected chi connectivity index (χ4v) is 1.03. The molecule has 0 bridgehead atoms. The molecule has 0 aliphatic heterocycles. The second-order valence-corrected chi connectivity index (χ2v) is 3.49. The van der Waals surface area contributed by atoms with Crippen molar-refractivity contribution in [3.05, 3.63) is 0 Å². The Morgan fingerprint density at radius 3 is 1.29 bits per heavy atom. The van der Waals surface area contributed by atoms with Gasteiger partial charge in [-0.15, -0.1) is 0 Å². The number of hydrogen-bond acceptors (Lipinski definition) is 2. The second kappa shape index (κ2) is 12.3. The molecular weight excluding hydrogens is 176 g/mol. The normalized spacial score (nSPS) is 8.86. The lowest BCUT2D eigenvalue weighted by molar-refractivity contribution is -0.119. The lowest BCUT2D eigenvalue weighted by atomic mass is 10.1. The predicted octanol–water partition coefficient (Wildman–Crippen LogP) is 3.53. The van der Waals surface area contributed by atoms with Crippen molar-refractivity contribution in [1.82, 2.24) is 0 Å². The zero-order chi connectivity index (χ0) is 11.4. The lowest BCUT2D eigenvalue weighted by Gasteiger charge is -1.91. The Bertz CT molecular complexity index is 142. The van der Waals surface area contributed by atoms with E-state index in [1.54, 1.807) is 6.92 Å². The average molecular weight is 200 g/mol. The summed E-state index contributed by atoms with van der Waals surface area (Å²) in [6.07, 6.45) is 5.26. The molecule has 0 aromatic rings. The van der Waals surface area contributed by atoms with Gasteiger partial charge in [0, 0.05) is 19.3 Å². The van der Waals surface area contributed by atoms with Gasteiger partial charge < -0.3 is 4.79 Å². The van der Waals surface area contributed by atoms with E-state index in [9.17, 15) is 9.59 Å². The molecule has 14 heavy (non-hydrogen) atoms. The lowest BCUT2D eigenvalue weighted by Crippen LogP contribution is -1.93. The van der Waals surface area contributed by atoms with E-state index in [1.807, 2.05) is 20.8 Å². The molecule has 0 atom stereocenters. The van der Waals surface area contributed by atoms with Gasteiger partial charge in [-0.05, 0) is 26.2 Å². The largest absolute Gasteiger partial charge is 0.300 e. The van der Waals surface area contributed by atoms with Crippen molar-refractivity contribution in [1.29, 1.82) is 0 Å². The van der Waals surface area contributed by atoms with E-state index in [4.69, 9.17) is 0 Å². The smallest absolute Gasteiger partial charge is 0.132 e. The van der Waals surface area contributed by atoms with Gasteiger partial charge in [0.05, 0.1) is 0 Å². The van der Waals surface area contributed by atoms with Gasteiger partial charge in [-0.3, -0.25) is 4.79 Å². The average Bonchev–Trinajstić information content (AvgIpc) is 2.05. The van der Waals surface area contributed by atoms with E-state index < -0.39 is 0 Å². The zero-order valence-electron chi connectivity index (χ0n) is 10.1. The molecule has 0 amide bonds. The maximum atomic E-state index is 10.6. The number of carbonyl (C=O) groups is 2. The molecular formula is C12H24O2. The molecule has 0 unspecified atom stereocenters. The number of carbonyl (C=O) groups excluding carboxylic acids is 2. The van der Waals surface area contributed by atoms with Crippen LogP contribution in [0.25, 0.3) is 0 Å². The van der Waals surface area contributed by atoms with Crippen molar-refractivity contribution in [2.24, 2.45) is 0 Å². The highest BCUT2D eigenvalue weighted by atomic mass is 16.1. The first kappa shape index (κ1) is 15.8. The molecule has 0 heterocycles. The summed E-state index contributed by atoms with van der Waals surface area (Å²) in [6, 6.07) is 0. The number of hydrogen-bond donors (Lipinski definition) is 0. The van der Waals surface area contributed by atoms with Crippen molar-refractivity contribution in [2.45, 2.75) is 66.2 Å². The first-order chi connectivity index (χ1) is 6.58. The molecule has 0 saturated heterocycles. The van der Waals surface area contributed by atoms with Gasteiger partial charge in [-0.2, -0.15) is 0 Å². The minimum absolute atomic E-state index is 0.289. The van der Waals surface area contributed by atoms with Crippen LogP contribution in [0.4, 0.5) is 0 Å². The van der Waals surface area contributed by atoms with E-state index in [-0.39, 0.29) is 5.78 Å². The first-order valence-electron chi connectivity index (χ1n) is 5.59. The molecule has 0 N–H and O–H groups in total. The van der Waals surface area contributed by atoms with Crippen molar-refractivity contribution >= 4 is 11.6 Å². The minimum Gasteiger partial charge on any atom is -0.300 e. The van der Waals surface area contributed by atoms with Crippen LogP contribution in [-0.2, 0) is 9.59 Å². The maximum absolute atomic E-state index is 10.6. The summed E-state index contributed by atoms with van der Waals surface area (Å²) in [7, 11) is 0. The molecule has 0 aromatic heterocycles. The van der Waals surface area contributed by atoms with Crippen LogP contribution in [0, 0.1) is 0 Å². The fraction of sp³-hybridized carbons (Fsp3) is 0.833. The predicted molar refractivity (Wildman–Crippen MR) is 60.4 cm³/mol. The van der Waals surface area contributed by atoms with Crippen LogP contribution in [0.3, 0.4) is 0 Å². The number of Topliss-reactive ketones (excluding diaryl/α,β-unsaturated/α-hetero) is 2. The summed E-state index contributed by atoms with van der Waals surface area (Å²) in [4.78, 5) is 20.7. The van der Waals surface area contributed by atoms with E-state index in [0.29, 0.717) is 5.78 Å². The molecule has 0 aromatic carbocycles. The van der Waals surface area contributed by atoms with Crippen molar-refractivity contribution in [3.63, 3.8) is 0 Å². The van der Waals surface area contributed by atoms with Crippen molar-refractivity contribution in [2.75, 3.05) is 0 Å². The Morgan fingerprint density at radius 1 is 0.786 bits per heavy atom. The maximum Gasteiger partial charge on any atom is 0.132 e. The summed E-state index contributed by atoms with van der Waals surface area (Å²) in [5, 5.41) is 0. The van der Waals surface area contributed by atoms with Crippen molar-refractivity contribution in [3.8, 4) is 0 Å². The van der Waals surface area contributed by atoms with Crippen LogP contribution in [0.15, 0.2) is 0 Å². The van der Waals surface area contributed by atoms with Crippen LogP contribution in [0.1, 0.15) is 66.2 Å². The van der Waals surface area contributed by atoms with Gasteiger partial charge in [0.15, 0.2) is 0 Å². The standard InChI is InChI=1S/C7H14O.C5H10O/c1-3-5-7(8)6-4-2;1-3-4-5(2)6/h3-6H2,1-2H3;3-4H2,1-2H3. The van der Waals surface area contributed by atoms with Gasteiger partial charge in [0.25, 0.3) is 0 Å². The first-order valence-corrected chi connectivity index (χ1v) is 5.59. The highest BCUT2D eigenvalue weighted by Gasteiger charge is 1.94. The van der Waals surface area contributed by atoms with Gasteiger partial charge in [0.2, 0.25) is 0 Å². The van der Waals surface area contributed by atoms with Crippen LogP contribution in [-0.4, -0.2) is 11.6 Å². The monoisotopic (exact) mass is 200 g/mol. The van der Waals surface area contributed by atoms with E-state index >= 15 is 0 Å². The van der Waals surface area contributed by atoms with Crippen LogP contribution in [0.2, 0.25) is 0 Å². The molecule has 0 aliphatic carbocycles. The van der Waals surface area contributed by atoms with E-state index in [0.717, 1.165) is 38.5 Å². The summed E-state index contributed by atoms with van der Waals surface area (Å²) >= 11 is 0. The summed E-state index contributed by atoms with van der Waals surface area (Å²) in [6.45, 7) is 7.69. The highest BCUT2D eigenvalue weighted by molar-refractivity contribution is 5.78. The summed E-state index contributed by atoms with van der Waals surface area (Å²) in [5.74, 6) is 0.701. The molecule has 2 nitrogen and oxygen atoms in total. The van der Waals surface area contributed by atoms with Gasteiger partial charge in [-0.1, -0.05) is 20.8 Å². The highest BCUT2D eigenvalue weighted by Crippen LogP contribution is 1.95. The Labute approximate surface area is 88.1 Å². The third-order valence-electron chi connectivity index (χ3n) is 1.66. The molecule has 0 radical (unpaired) electrons. The molecule has 0 aliphatic rings. The van der Waals surface area contributed by atoms with Crippen LogP contribution < -0.4 is 0 Å². The number of ketones is 2. The molecule has 0 rings (SSSR count). The zero-order valence-corrected chi connectivity index (χ0v) is 10.1. The molecule has 2 heteroatoms. The van der Waals surface area contributed by atoms with E-state index in [2.05, 4.69) is 0 Å². The van der Waals surface area contributed by atoms with Gasteiger partial charge in [-0.25, -0.2) is 0 Å². The molecule has 0 fully saturated rings. The van der Waals surface area contributed by atoms with Crippen LogP contribution >= 0.6 is 0 Å². The van der Waals surface area contributed by atoms with Crippen LogP contribution in [0.5, 0.6) is 0 Å². The van der Waals surface area contributed by atoms with Crippen molar-refractivity contribution < 1.29 is 9.59 Å². The minimum atomic E-state index is 0.289. The molecule has 0 spiro atoms.